The highest BCUT2D eigenvalue weighted by Gasteiger charge is 2.47. The van der Waals surface area contributed by atoms with Crippen LogP contribution in [-0.2, 0) is 16.1 Å². The normalized spacial score (nSPS) is 19.5. The van der Waals surface area contributed by atoms with Crippen molar-refractivity contribution in [3.63, 3.8) is 0 Å². The fourth-order valence-electron chi connectivity index (χ4n) is 5.80. The van der Waals surface area contributed by atoms with Gasteiger partial charge in [0.2, 0.25) is 5.91 Å². The molecule has 2 amide bonds. The molecule has 9 heteroatoms. The highest BCUT2D eigenvalue weighted by atomic mass is 32.2. The Kier molecular flexibility index (Phi) is 11.2. The summed E-state index contributed by atoms with van der Waals surface area (Å²) >= 11 is 1.74. The van der Waals surface area contributed by atoms with E-state index in [4.69, 9.17) is 4.74 Å². The van der Waals surface area contributed by atoms with Gasteiger partial charge in [-0.15, -0.1) is 11.8 Å². The van der Waals surface area contributed by atoms with E-state index >= 15 is 0 Å². The van der Waals surface area contributed by atoms with Crippen molar-refractivity contribution < 1.29 is 26.7 Å². The zero-order valence-electron chi connectivity index (χ0n) is 22.9. The standard InChI is InChI=1S/C30H39N3O3S.2H2O.H2/c1-37-26-12-10-23(11-13-26)22-33-21-17-30(28(33)34)15-19-32(20-16-30)18-14-27(24-6-3-2-4-7-24)31-29(35)36-25-8-5-9-25;;;/h2-4,6-7,10-13,25,27H,5,8-9,14-22H2,1H3,(H,31,35);2*1H2;1H/t27-;;;/m0.../s1. The van der Waals surface area contributed by atoms with Crippen LogP contribution >= 0.6 is 11.8 Å². The van der Waals surface area contributed by atoms with Crippen LogP contribution in [-0.4, -0.2) is 71.3 Å². The van der Waals surface area contributed by atoms with Gasteiger partial charge in [0, 0.05) is 26.0 Å². The van der Waals surface area contributed by atoms with E-state index in [1.807, 2.05) is 18.2 Å². The molecular formula is C30H45N3O5S. The van der Waals surface area contributed by atoms with Gasteiger partial charge in [0.05, 0.1) is 11.5 Å². The number of likely N-dealkylation sites (tertiary alicyclic amines) is 2. The summed E-state index contributed by atoms with van der Waals surface area (Å²) in [4.78, 5) is 31.7. The molecule has 1 atom stereocenters. The van der Waals surface area contributed by atoms with Gasteiger partial charge in [0.25, 0.3) is 0 Å². The van der Waals surface area contributed by atoms with Gasteiger partial charge in [-0.3, -0.25) is 4.79 Å². The first-order chi connectivity index (χ1) is 18.0. The fraction of sp³-hybridized carbons (Fsp3) is 0.533. The molecule has 0 radical (unpaired) electrons. The van der Waals surface area contributed by atoms with Crippen LogP contribution < -0.4 is 5.32 Å². The third-order valence-electron chi connectivity index (χ3n) is 8.50. The summed E-state index contributed by atoms with van der Waals surface area (Å²) < 4.78 is 5.56. The molecule has 1 aliphatic carbocycles. The van der Waals surface area contributed by atoms with Crippen LogP contribution in [0.4, 0.5) is 4.79 Å². The van der Waals surface area contributed by atoms with Crippen molar-refractivity contribution in [1.29, 1.82) is 0 Å². The Morgan fingerprint density at radius 1 is 1.05 bits per heavy atom. The Hall–Kier alpha value is -2.59. The number of hydrogen-bond acceptors (Lipinski definition) is 5. The molecule has 0 unspecified atom stereocenters. The van der Waals surface area contributed by atoms with Crippen LogP contribution in [0.1, 0.15) is 63.5 Å². The average Bonchev–Trinajstić information content (AvgIpc) is 3.20. The summed E-state index contributed by atoms with van der Waals surface area (Å²) in [6.45, 7) is 4.30. The van der Waals surface area contributed by atoms with Crippen LogP contribution in [0.2, 0.25) is 0 Å². The second kappa shape index (κ2) is 14.2. The number of hydrogen-bond donors (Lipinski definition) is 1. The maximum Gasteiger partial charge on any atom is 0.407 e. The van der Waals surface area contributed by atoms with Gasteiger partial charge in [0.15, 0.2) is 0 Å². The van der Waals surface area contributed by atoms with Crippen LogP contribution in [0.15, 0.2) is 59.5 Å². The first-order valence-electron chi connectivity index (χ1n) is 13.7. The van der Waals surface area contributed by atoms with E-state index in [9.17, 15) is 9.59 Å². The second-order valence-corrected chi connectivity index (χ2v) is 11.7. The molecule has 2 aromatic carbocycles. The van der Waals surface area contributed by atoms with Gasteiger partial charge in [0.1, 0.15) is 6.10 Å². The van der Waals surface area contributed by atoms with Crippen molar-refractivity contribution in [2.75, 3.05) is 32.4 Å². The Morgan fingerprint density at radius 2 is 1.72 bits per heavy atom. The lowest BCUT2D eigenvalue weighted by atomic mass is 9.77. The number of nitrogens with one attached hydrogen (secondary N) is 1. The summed E-state index contributed by atoms with van der Waals surface area (Å²) in [7, 11) is 0. The molecule has 0 aromatic heterocycles. The van der Waals surface area contributed by atoms with Gasteiger partial charge in [-0.25, -0.2) is 4.79 Å². The molecule has 2 aromatic rings. The lowest BCUT2D eigenvalue weighted by Gasteiger charge is -2.38. The van der Waals surface area contributed by atoms with Crippen molar-refractivity contribution in [2.45, 2.75) is 68.5 Å². The molecule has 3 fully saturated rings. The largest absolute Gasteiger partial charge is 0.446 e. The first kappa shape index (κ1) is 30.9. The predicted octanol–water partition coefficient (Wildman–Crippen LogP) is 4.23. The molecule has 5 N–H and O–H groups in total. The maximum absolute atomic E-state index is 13.4. The van der Waals surface area contributed by atoms with Gasteiger partial charge < -0.3 is 30.8 Å². The van der Waals surface area contributed by atoms with E-state index in [0.717, 1.165) is 76.7 Å². The number of thioether (sulfide) groups is 1. The number of alkyl carbamates (subject to hydrolysis) is 1. The van der Waals surface area contributed by atoms with E-state index in [1.165, 1.54) is 10.5 Å². The van der Waals surface area contributed by atoms with Crippen molar-refractivity contribution in [3.05, 3.63) is 65.7 Å². The van der Waals surface area contributed by atoms with Crippen LogP contribution in [0.3, 0.4) is 0 Å². The Bertz CT molecular complexity index is 1060. The van der Waals surface area contributed by atoms with E-state index in [2.05, 4.69) is 57.8 Å². The van der Waals surface area contributed by atoms with Crippen LogP contribution in [0, 0.1) is 5.41 Å². The third kappa shape index (κ3) is 7.54. The van der Waals surface area contributed by atoms with E-state index in [-0.39, 0.29) is 36.0 Å². The number of ether oxygens (including phenoxy) is 1. The lowest BCUT2D eigenvalue weighted by molar-refractivity contribution is -0.138. The number of piperidine rings is 1. The van der Waals surface area contributed by atoms with Crippen LogP contribution in [0.5, 0.6) is 0 Å². The Balaban J connectivity index is 0.00000187. The summed E-state index contributed by atoms with van der Waals surface area (Å²) in [5.41, 5.74) is 2.11. The maximum atomic E-state index is 13.4. The molecule has 3 aliphatic rings. The Labute approximate surface area is 237 Å². The molecular weight excluding hydrogens is 514 g/mol. The molecule has 2 aliphatic heterocycles. The van der Waals surface area contributed by atoms with Crippen molar-refractivity contribution >= 4 is 23.8 Å². The fourth-order valence-corrected chi connectivity index (χ4v) is 6.21. The van der Waals surface area contributed by atoms with Gasteiger partial charge in [-0.05, 0) is 87.6 Å². The molecule has 39 heavy (non-hydrogen) atoms. The van der Waals surface area contributed by atoms with Crippen molar-refractivity contribution in [3.8, 4) is 0 Å². The molecule has 216 valence electrons. The molecule has 5 rings (SSSR count). The van der Waals surface area contributed by atoms with Crippen molar-refractivity contribution in [1.82, 2.24) is 15.1 Å². The van der Waals surface area contributed by atoms with Gasteiger partial charge >= 0.3 is 6.09 Å². The molecule has 1 spiro atoms. The summed E-state index contributed by atoms with van der Waals surface area (Å²) in [5.74, 6) is 0.337. The molecule has 2 saturated heterocycles. The predicted molar refractivity (Wildman–Crippen MR) is 157 cm³/mol. The molecule has 0 bridgehead atoms. The number of carbonyl (C=O) groups is 2. The zero-order chi connectivity index (χ0) is 25.7. The minimum absolute atomic E-state index is 0. The van der Waals surface area contributed by atoms with E-state index < -0.39 is 0 Å². The monoisotopic (exact) mass is 559 g/mol. The minimum atomic E-state index is -0.309. The summed E-state index contributed by atoms with van der Waals surface area (Å²) in [6.07, 6.45) is 8.55. The van der Waals surface area contributed by atoms with Gasteiger partial charge in [-0.2, -0.15) is 0 Å². The third-order valence-corrected chi connectivity index (χ3v) is 9.24. The summed E-state index contributed by atoms with van der Waals surface area (Å²) in [6, 6.07) is 18.7. The van der Waals surface area contributed by atoms with Gasteiger partial charge in [-0.1, -0.05) is 42.5 Å². The lowest BCUT2D eigenvalue weighted by Crippen LogP contribution is -2.45. The average molecular weight is 560 g/mol. The number of benzene rings is 2. The first-order valence-corrected chi connectivity index (χ1v) is 14.9. The number of carbonyl (C=O) groups excluding carboxylic acids is 2. The zero-order valence-corrected chi connectivity index (χ0v) is 23.7. The number of rotatable bonds is 9. The second-order valence-electron chi connectivity index (χ2n) is 10.8. The number of nitrogens with zero attached hydrogens (tertiary/aromatic N) is 2. The highest BCUT2D eigenvalue weighted by Crippen LogP contribution is 2.42. The quantitative estimate of drug-likeness (QED) is 0.460. The number of amides is 2. The SMILES string of the molecule is CSc1ccc(CN2CCC3(CCN(CC[C@H](NC(=O)OC4CCC4)c4ccccc4)CC3)C2=O)cc1.O.O.[HH]. The highest BCUT2D eigenvalue weighted by molar-refractivity contribution is 7.98. The molecule has 8 nitrogen and oxygen atoms in total. The topological polar surface area (TPSA) is 125 Å². The van der Waals surface area contributed by atoms with E-state index in [1.54, 1.807) is 11.8 Å². The molecule has 2 heterocycles. The van der Waals surface area contributed by atoms with Crippen molar-refractivity contribution in [2.24, 2.45) is 5.41 Å². The smallest absolute Gasteiger partial charge is 0.407 e. The Morgan fingerprint density at radius 3 is 2.33 bits per heavy atom. The molecule has 1 saturated carbocycles. The van der Waals surface area contributed by atoms with Crippen LogP contribution in [0.25, 0.3) is 0 Å². The summed E-state index contributed by atoms with van der Waals surface area (Å²) in [5, 5.41) is 3.11. The minimum Gasteiger partial charge on any atom is -0.446 e. The van der Waals surface area contributed by atoms with E-state index in [0.29, 0.717) is 12.5 Å².